The highest BCUT2D eigenvalue weighted by Crippen LogP contribution is 2.16. The first-order valence-corrected chi connectivity index (χ1v) is 5.37. The van der Waals surface area contributed by atoms with E-state index in [1.165, 1.54) is 6.33 Å². The van der Waals surface area contributed by atoms with E-state index in [2.05, 4.69) is 60.2 Å². The minimum Gasteiger partial charge on any atom is -0.205 e. The van der Waals surface area contributed by atoms with Gasteiger partial charge in [-0.3, -0.25) is 0 Å². The van der Waals surface area contributed by atoms with Gasteiger partial charge >= 0.3 is 0 Å². The molecule has 2 heterocycles. The normalized spacial score (nSPS) is 10.9. The van der Waals surface area contributed by atoms with Crippen LogP contribution in [0.1, 0.15) is 5.56 Å². The van der Waals surface area contributed by atoms with E-state index in [1.807, 2.05) is 6.92 Å². The van der Waals surface area contributed by atoms with Crippen molar-refractivity contribution in [3.05, 3.63) is 19.3 Å². The highest BCUT2D eigenvalue weighted by Gasteiger charge is 2.07. The lowest BCUT2D eigenvalue weighted by atomic mass is 10.4. The van der Waals surface area contributed by atoms with Crippen LogP contribution in [0.4, 0.5) is 0 Å². The number of halogens is 2. The van der Waals surface area contributed by atoms with Crippen molar-refractivity contribution in [2.75, 3.05) is 0 Å². The van der Waals surface area contributed by atoms with Gasteiger partial charge in [-0.15, -0.1) is 0 Å². The molecular weight excluding hydrogens is 382 g/mol. The van der Waals surface area contributed by atoms with E-state index in [1.54, 1.807) is 4.52 Å². The Morgan fingerprint density at radius 2 is 2.17 bits per heavy atom. The fourth-order valence-corrected chi connectivity index (χ4v) is 2.45. The fraction of sp³-hybridized carbons (Fsp3) is 0.167. The van der Waals surface area contributed by atoms with Crippen LogP contribution in [0.3, 0.4) is 0 Å². The SMILES string of the molecule is Cc1c(I)nc2ncnn2c1I. The van der Waals surface area contributed by atoms with Gasteiger partial charge < -0.3 is 0 Å². The lowest BCUT2D eigenvalue weighted by molar-refractivity contribution is 0.890. The summed E-state index contributed by atoms with van der Waals surface area (Å²) < 4.78 is 3.79. The van der Waals surface area contributed by atoms with Crippen molar-refractivity contribution >= 4 is 51.0 Å². The van der Waals surface area contributed by atoms with Gasteiger partial charge in [-0.25, -0.2) is 4.98 Å². The van der Waals surface area contributed by atoms with Gasteiger partial charge in [0.1, 0.15) is 13.7 Å². The van der Waals surface area contributed by atoms with Crippen LogP contribution in [0.25, 0.3) is 5.78 Å². The maximum atomic E-state index is 4.27. The molecule has 0 saturated heterocycles. The van der Waals surface area contributed by atoms with Gasteiger partial charge in [0.15, 0.2) is 0 Å². The second-order valence-electron chi connectivity index (χ2n) is 2.29. The number of fused-ring (bicyclic) bond motifs is 1. The molecule has 2 aromatic heterocycles. The van der Waals surface area contributed by atoms with E-state index in [0.29, 0.717) is 5.78 Å². The summed E-state index contributed by atoms with van der Waals surface area (Å²) in [6, 6.07) is 0. The summed E-state index contributed by atoms with van der Waals surface area (Å²) in [5.74, 6) is 0.661. The zero-order valence-corrected chi connectivity index (χ0v) is 10.4. The van der Waals surface area contributed by atoms with Crippen molar-refractivity contribution in [1.82, 2.24) is 19.6 Å². The molecule has 0 radical (unpaired) electrons. The predicted octanol–water partition coefficient (Wildman–Crippen LogP) is 1.64. The highest BCUT2D eigenvalue weighted by molar-refractivity contribution is 14.1. The molecule has 0 bridgehead atoms. The Kier molecular flexibility index (Phi) is 2.19. The van der Waals surface area contributed by atoms with E-state index < -0.39 is 0 Å². The Hall–Kier alpha value is 0.01000. The third-order valence-corrected chi connectivity index (χ3v) is 3.85. The predicted molar refractivity (Wildman–Crippen MR) is 61.0 cm³/mol. The molecule has 0 spiro atoms. The van der Waals surface area contributed by atoms with Crippen LogP contribution >= 0.6 is 45.2 Å². The molecule has 62 valence electrons. The zero-order chi connectivity index (χ0) is 8.72. The molecule has 0 atom stereocenters. The Bertz CT molecular complexity index is 436. The third kappa shape index (κ3) is 1.20. The van der Waals surface area contributed by atoms with Gasteiger partial charge in [0.05, 0.1) is 0 Å². The van der Waals surface area contributed by atoms with E-state index in [9.17, 15) is 0 Å². The quantitative estimate of drug-likeness (QED) is 0.511. The second kappa shape index (κ2) is 3.05. The Balaban J connectivity index is 2.94. The van der Waals surface area contributed by atoms with Crippen molar-refractivity contribution in [3.8, 4) is 0 Å². The Morgan fingerprint density at radius 3 is 2.92 bits per heavy atom. The van der Waals surface area contributed by atoms with E-state index in [0.717, 1.165) is 13.0 Å². The van der Waals surface area contributed by atoms with E-state index >= 15 is 0 Å². The minimum atomic E-state index is 0.661. The first-order chi connectivity index (χ1) is 5.70. The van der Waals surface area contributed by atoms with Crippen molar-refractivity contribution in [1.29, 1.82) is 0 Å². The van der Waals surface area contributed by atoms with Crippen LogP contribution in [-0.4, -0.2) is 19.6 Å². The van der Waals surface area contributed by atoms with Crippen LogP contribution in [-0.2, 0) is 0 Å². The standard InChI is InChI=1S/C6H4I2N4/c1-3-4(7)11-6-9-2-10-12(6)5(3)8/h2H,1H3. The Morgan fingerprint density at radius 1 is 1.42 bits per heavy atom. The smallest absolute Gasteiger partial charge is 0.205 e. The average molecular weight is 386 g/mol. The molecular formula is C6H4I2N4. The van der Waals surface area contributed by atoms with E-state index in [4.69, 9.17) is 0 Å². The topological polar surface area (TPSA) is 43.1 Å². The fourth-order valence-electron chi connectivity index (χ4n) is 0.866. The molecule has 0 amide bonds. The Labute approximate surface area is 96.1 Å². The minimum absolute atomic E-state index is 0.661. The maximum absolute atomic E-state index is 4.27. The van der Waals surface area contributed by atoms with Crippen molar-refractivity contribution in [2.24, 2.45) is 0 Å². The molecule has 6 heteroatoms. The summed E-state index contributed by atoms with van der Waals surface area (Å²) in [5.41, 5.74) is 1.15. The molecule has 0 aliphatic heterocycles. The summed E-state index contributed by atoms with van der Waals surface area (Å²) in [5, 5.41) is 4.05. The molecule has 0 fully saturated rings. The molecule has 4 nitrogen and oxygen atoms in total. The molecule has 0 aliphatic carbocycles. The number of aromatic nitrogens is 4. The third-order valence-electron chi connectivity index (χ3n) is 1.53. The molecule has 0 aliphatic rings. The molecule has 0 aromatic carbocycles. The van der Waals surface area contributed by atoms with Gasteiger partial charge in [-0.05, 0) is 52.1 Å². The second-order valence-corrected chi connectivity index (χ2v) is 4.33. The zero-order valence-electron chi connectivity index (χ0n) is 6.12. The molecule has 2 rings (SSSR count). The summed E-state index contributed by atoms with van der Waals surface area (Å²) in [4.78, 5) is 8.28. The number of hydrogen-bond donors (Lipinski definition) is 0. The average Bonchev–Trinajstić information content (AvgIpc) is 2.48. The van der Waals surface area contributed by atoms with Crippen LogP contribution in [0, 0.1) is 14.3 Å². The van der Waals surface area contributed by atoms with Gasteiger partial charge in [0.25, 0.3) is 5.78 Å². The van der Waals surface area contributed by atoms with Crippen LogP contribution in [0.5, 0.6) is 0 Å². The molecule has 12 heavy (non-hydrogen) atoms. The van der Waals surface area contributed by atoms with Crippen molar-refractivity contribution < 1.29 is 0 Å². The van der Waals surface area contributed by atoms with Gasteiger partial charge in [-0.2, -0.15) is 14.6 Å². The van der Waals surface area contributed by atoms with Gasteiger partial charge in [-0.1, -0.05) is 0 Å². The summed E-state index contributed by atoms with van der Waals surface area (Å²) >= 11 is 4.44. The van der Waals surface area contributed by atoms with Crippen molar-refractivity contribution in [2.45, 2.75) is 6.92 Å². The molecule has 0 N–H and O–H groups in total. The summed E-state index contributed by atoms with van der Waals surface area (Å²) in [6.07, 6.45) is 1.51. The molecule has 2 aromatic rings. The van der Waals surface area contributed by atoms with Gasteiger partial charge in [0.2, 0.25) is 0 Å². The number of rotatable bonds is 0. The van der Waals surface area contributed by atoms with E-state index in [-0.39, 0.29) is 0 Å². The lowest BCUT2D eigenvalue weighted by Crippen LogP contribution is -2.02. The van der Waals surface area contributed by atoms with Crippen LogP contribution in [0.2, 0.25) is 0 Å². The lowest BCUT2D eigenvalue weighted by Gasteiger charge is -2.01. The first-order valence-electron chi connectivity index (χ1n) is 3.21. The summed E-state index contributed by atoms with van der Waals surface area (Å²) in [7, 11) is 0. The largest absolute Gasteiger partial charge is 0.254 e. The van der Waals surface area contributed by atoms with Crippen LogP contribution in [0.15, 0.2) is 6.33 Å². The number of hydrogen-bond acceptors (Lipinski definition) is 3. The van der Waals surface area contributed by atoms with Crippen LogP contribution < -0.4 is 0 Å². The monoisotopic (exact) mass is 386 g/mol. The highest BCUT2D eigenvalue weighted by atomic mass is 127. The summed E-state index contributed by atoms with van der Waals surface area (Å²) in [6.45, 7) is 2.03. The molecule has 0 saturated carbocycles. The number of nitrogens with zero attached hydrogens (tertiary/aromatic N) is 4. The van der Waals surface area contributed by atoms with Gasteiger partial charge in [0, 0.05) is 5.56 Å². The first kappa shape index (κ1) is 8.60. The maximum Gasteiger partial charge on any atom is 0.254 e. The van der Waals surface area contributed by atoms with Crippen molar-refractivity contribution in [3.63, 3.8) is 0 Å². The molecule has 0 unspecified atom stereocenters.